The van der Waals surface area contributed by atoms with Gasteiger partial charge in [-0.05, 0) is 66.7 Å². The summed E-state index contributed by atoms with van der Waals surface area (Å²) in [6.45, 7) is 0. The van der Waals surface area contributed by atoms with Crippen LogP contribution in [0.5, 0.6) is 0 Å². The number of thiophene rings is 1. The standard InChI is InChI=1S/C40H23N5OS/c1-2-10-24(11-3-1)39-41-31-23-26(18-20-34(31)46-39)38-42-37(25-19-21-36-30(22-25)29-14-6-9-17-35(29)47-36)43-40(44-38)45-32-15-7-4-12-27(32)28-13-5-8-16-33(28)45/h1-23H. The van der Waals surface area contributed by atoms with Crippen LogP contribution in [0.1, 0.15) is 0 Å². The van der Waals surface area contributed by atoms with Crippen molar-refractivity contribution in [2.75, 3.05) is 0 Å². The highest BCUT2D eigenvalue weighted by atomic mass is 32.1. The summed E-state index contributed by atoms with van der Waals surface area (Å²) in [6.07, 6.45) is 0. The smallest absolute Gasteiger partial charge is 0.238 e. The van der Waals surface area contributed by atoms with Crippen LogP contribution in [0, 0.1) is 0 Å². The molecular weight excluding hydrogens is 599 g/mol. The van der Waals surface area contributed by atoms with Crippen LogP contribution in [0.15, 0.2) is 144 Å². The Morgan fingerprint density at radius 3 is 1.85 bits per heavy atom. The zero-order valence-corrected chi connectivity index (χ0v) is 25.6. The normalized spacial score (nSPS) is 11.8. The van der Waals surface area contributed by atoms with Crippen LogP contribution in [0.4, 0.5) is 0 Å². The molecule has 220 valence electrons. The van der Waals surface area contributed by atoms with Crippen LogP contribution < -0.4 is 0 Å². The van der Waals surface area contributed by atoms with Crippen molar-refractivity contribution in [3.63, 3.8) is 0 Å². The quantitative estimate of drug-likeness (QED) is 0.196. The van der Waals surface area contributed by atoms with Gasteiger partial charge < -0.3 is 4.42 Å². The lowest BCUT2D eigenvalue weighted by Gasteiger charge is -2.11. The number of hydrogen-bond acceptors (Lipinski definition) is 6. The third-order valence-electron chi connectivity index (χ3n) is 8.71. The zero-order chi connectivity index (χ0) is 30.9. The third-order valence-corrected chi connectivity index (χ3v) is 9.86. The highest BCUT2D eigenvalue weighted by Crippen LogP contribution is 2.37. The molecule has 6 aromatic carbocycles. The zero-order valence-electron chi connectivity index (χ0n) is 24.8. The van der Waals surface area contributed by atoms with E-state index in [4.69, 9.17) is 24.4 Å². The van der Waals surface area contributed by atoms with Crippen molar-refractivity contribution in [1.82, 2.24) is 24.5 Å². The second kappa shape index (κ2) is 10.2. The maximum absolute atomic E-state index is 6.12. The van der Waals surface area contributed by atoms with Gasteiger partial charge in [0.1, 0.15) is 5.52 Å². The summed E-state index contributed by atoms with van der Waals surface area (Å²) in [4.78, 5) is 20.2. The minimum Gasteiger partial charge on any atom is -0.436 e. The average molecular weight is 622 g/mol. The Kier molecular flexibility index (Phi) is 5.64. The van der Waals surface area contributed by atoms with E-state index in [-0.39, 0.29) is 0 Å². The Labute approximate surface area is 272 Å². The average Bonchev–Trinajstić information content (AvgIpc) is 3.83. The molecule has 10 aromatic rings. The Morgan fingerprint density at radius 2 is 1.09 bits per heavy atom. The van der Waals surface area contributed by atoms with Gasteiger partial charge in [0.05, 0.1) is 11.0 Å². The molecule has 0 saturated heterocycles. The van der Waals surface area contributed by atoms with Gasteiger partial charge in [-0.1, -0.05) is 72.8 Å². The second-order valence-corrected chi connectivity index (χ2v) is 12.6. The summed E-state index contributed by atoms with van der Waals surface area (Å²) in [5.74, 6) is 2.31. The van der Waals surface area contributed by atoms with Crippen LogP contribution >= 0.6 is 11.3 Å². The van der Waals surface area contributed by atoms with E-state index in [0.717, 1.165) is 44.0 Å². The molecule has 0 atom stereocenters. The molecule has 4 aromatic heterocycles. The Bertz CT molecular complexity index is 2760. The van der Waals surface area contributed by atoms with Crippen LogP contribution in [0.25, 0.3) is 93.3 Å². The summed E-state index contributed by atoms with van der Waals surface area (Å²) < 4.78 is 10.8. The van der Waals surface area contributed by atoms with E-state index >= 15 is 0 Å². The number of aromatic nitrogens is 5. The Balaban J connectivity index is 1.21. The van der Waals surface area contributed by atoms with Gasteiger partial charge in [-0.2, -0.15) is 9.97 Å². The molecule has 0 bridgehead atoms. The lowest BCUT2D eigenvalue weighted by atomic mass is 10.1. The van der Waals surface area contributed by atoms with Gasteiger partial charge in [-0.15, -0.1) is 11.3 Å². The maximum Gasteiger partial charge on any atom is 0.238 e. The molecule has 0 unspecified atom stereocenters. The number of hydrogen-bond donors (Lipinski definition) is 0. The minimum atomic E-state index is 0.558. The first kappa shape index (κ1) is 26.1. The minimum absolute atomic E-state index is 0.558. The first-order valence-corrected chi connectivity index (χ1v) is 16.2. The summed E-state index contributed by atoms with van der Waals surface area (Å²) >= 11 is 1.80. The van der Waals surface area contributed by atoms with Crippen LogP contribution in [-0.4, -0.2) is 24.5 Å². The van der Waals surface area contributed by atoms with Crippen molar-refractivity contribution in [3.8, 4) is 40.2 Å². The van der Waals surface area contributed by atoms with Gasteiger partial charge in [0.2, 0.25) is 11.8 Å². The fourth-order valence-corrected chi connectivity index (χ4v) is 7.58. The van der Waals surface area contributed by atoms with Crippen molar-refractivity contribution in [1.29, 1.82) is 0 Å². The monoisotopic (exact) mass is 621 g/mol. The molecule has 47 heavy (non-hydrogen) atoms. The van der Waals surface area contributed by atoms with Crippen LogP contribution in [-0.2, 0) is 0 Å². The predicted molar refractivity (Wildman–Crippen MR) is 191 cm³/mol. The van der Waals surface area contributed by atoms with Crippen molar-refractivity contribution in [3.05, 3.63) is 140 Å². The fraction of sp³-hybridized carbons (Fsp3) is 0. The fourth-order valence-electron chi connectivity index (χ4n) is 6.50. The van der Waals surface area contributed by atoms with Crippen LogP contribution in [0.2, 0.25) is 0 Å². The van der Waals surface area contributed by atoms with Crippen molar-refractivity contribution in [2.45, 2.75) is 0 Å². The molecular formula is C40H23N5OS. The highest BCUT2D eigenvalue weighted by molar-refractivity contribution is 7.25. The van der Waals surface area contributed by atoms with Crippen LogP contribution in [0.3, 0.4) is 0 Å². The molecule has 0 amide bonds. The number of benzene rings is 6. The predicted octanol–water partition coefficient (Wildman–Crippen LogP) is 10.5. The maximum atomic E-state index is 6.12. The van der Waals surface area contributed by atoms with Crippen molar-refractivity contribution in [2.24, 2.45) is 0 Å². The molecule has 10 rings (SSSR count). The van der Waals surface area contributed by atoms with E-state index in [1.165, 1.54) is 20.2 Å². The summed E-state index contributed by atoms with van der Waals surface area (Å²) in [5.41, 5.74) is 6.22. The molecule has 0 aliphatic heterocycles. The molecule has 0 N–H and O–H groups in total. The molecule has 6 nitrogen and oxygen atoms in total. The van der Waals surface area contributed by atoms with E-state index in [0.29, 0.717) is 29.1 Å². The topological polar surface area (TPSA) is 69.6 Å². The van der Waals surface area contributed by atoms with E-state index in [2.05, 4.69) is 95.6 Å². The number of rotatable bonds is 4. The molecule has 7 heteroatoms. The van der Waals surface area contributed by atoms with Gasteiger partial charge in [0.25, 0.3) is 0 Å². The van der Waals surface area contributed by atoms with E-state index < -0.39 is 0 Å². The first-order chi connectivity index (χ1) is 23.3. The Morgan fingerprint density at radius 1 is 0.468 bits per heavy atom. The largest absolute Gasteiger partial charge is 0.436 e. The van der Waals surface area contributed by atoms with Crippen molar-refractivity contribution < 1.29 is 4.42 Å². The lowest BCUT2D eigenvalue weighted by Crippen LogP contribution is -2.06. The summed E-state index contributed by atoms with van der Waals surface area (Å²) in [6, 6.07) is 47.7. The van der Waals surface area contributed by atoms with Gasteiger partial charge in [0.15, 0.2) is 17.2 Å². The molecule has 0 fully saturated rings. The summed E-state index contributed by atoms with van der Waals surface area (Å²) in [5, 5.41) is 4.73. The second-order valence-electron chi connectivity index (χ2n) is 11.5. The van der Waals surface area contributed by atoms with Gasteiger partial charge in [-0.25, -0.2) is 9.97 Å². The first-order valence-electron chi connectivity index (χ1n) is 15.4. The Hall–Kier alpha value is -6.18. The summed E-state index contributed by atoms with van der Waals surface area (Å²) in [7, 11) is 0. The van der Waals surface area contributed by atoms with Gasteiger partial charge in [0, 0.05) is 47.6 Å². The van der Waals surface area contributed by atoms with Crippen molar-refractivity contribution >= 4 is 64.4 Å². The number of para-hydroxylation sites is 2. The van der Waals surface area contributed by atoms with Gasteiger partial charge >= 0.3 is 0 Å². The highest BCUT2D eigenvalue weighted by Gasteiger charge is 2.19. The molecule has 0 aliphatic rings. The van der Waals surface area contributed by atoms with E-state index in [1.807, 2.05) is 48.5 Å². The number of fused-ring (bicyclic) bond motifs is 7. The SMILES string of the molecule is c1ccc(-c2nc3cc(-c4nc(-c5ccc6sc7ccccc7c6c5)nc(-n5c6ccccc6c6ccccc65)n4)ccc3o2)cc1. The molecule has 0 aliphatic carbocycles. The van der Waals surface area contributed by atoms with Gasteiger partial charge in [-0.3, -0.25) is 4.57 Å². The number of nitrogens with zero attached hydrogens (tertiary/aromatic N) is 5. The molecule has 4 heterocycles. The third kappa shape index (κ3) is 4.17. The molecule has 0 saturated carbocycles. The molecule has 0 radical (unpaired) electrons. The van der Waals surface area contributed by atoms with E-state index in [1.54, 1.807) is 11.3 Å². The van der Waals surface area contributed by atoms with E-state index in [9.17, 15) is 0 Å². The number of oxazole rings is 1. The lowest BCUT2D eigenvalue weighted by molar-refractivity contribution is 0.620. The molecule has 0 spiro atoms.